The zero-order valence-corrected chi connectivity index (χ0v) is 11.5. The number of carboxylic acid groups (broad SMARTS) is 1. The Labute approximate surface area is 109 Å². The molecule has 104 valence electrons. The molecule has 0 aliphatic carbocycles. The zero-order chi connectivity index (χ0) is 13.7. The zero-order valence-electron chi connectivity index (χ0n) is 11.5. The van der Waals surface area contributed by atoms with E-state index in [0.717, 1.165) is 19.4 Å². The molecule has 1 aliphatic heterocycles. The standard InChI is InChI=1S/C13H24N2O3/c1-9(2)7-12(13(17)18)15-6-4-5-11(8-15)14-10(3)16/h9,11-12H,4-8H2,1-3H3,(H,14,16)(H,17,18). The van der Waals surface area contributed by atoms with Crippen molar-refractivity contribution in [3.63, 3.8) is 0 Å². The number of piperidine rings is 1. The Morgan fingerprint density at radius 2 is 2.11 bits per heavy atom. The van der Waals surface area contributed by atoms with Gasteiger partial charge in [0.15, 0.2) is 0 Å². The van der Waals surface area contributed by atoms with Crippen molar-refractivity contribution in [2.75, 3.05) is 13.1 Å². The summed E-state index contributed by atoms with van der Waals surface area (Å²) in [5.41, 5.74) is 0. The lowest BCUT2D eigenvalue weighted by atomic mass is 9.98. The van der Waals surface area contributed by atoms with E-state index in [1.54, 1.807) is 0 Å². The molecule has 1 rings (SSSR count). The van der Waals surface area contributed by atoms with Crippen LogP contribution in [0.4, 0.5) is 0 Å². The number of nitrogens with one attached hydrogen (secondary N) is 1. The summed E-state index contributed by atoms with van der Waals surface area (Å²) in [6, 6.07) is -0.341. The van der Waals surface area contributed by atoms with E-state index in [2.05, 4.69) is 5.32 Å². The molecule has 2 atom stereocenters. The van der Waals surface area contributed by atoms with E-state index in [1.807, 2.05) is 18.7 Å². The first-order valence-electron chi connectivity index (χ1n) is 6.64. The van der Waals surface area contributed by atoms with Crippen molar-refractivity contribution in [1.82, 2.24) is 10.2 Å². The molecule has 0 bridgehead atoms. The topological polar surface area (TPSA) is 69.6 Å². The van der Waals surface area contributed by atoms with E-state index in [1.165, 1.54) is 6.92 Å². The van der Waals surface area contributed by atoms with Crippen LogP contribution in [0.3, 0.4) is 0 Å². The minimum absolute atomic E-state index is 0.0439. The Morgan fingerprint density at radius 3 is 2.61 bits per heavy atom. The third kappa shape index (κ3) is 4.64. The molecule has 1 heterocycles. The summed E-state index contributed by atoms with van der Waals surface area (Å²) < 4.78 is 0. The van der Waals surface area contributed by atoms with E-state index >= 15 is 0 Å². The molecule has 2 N–H and O–H groups in total. The molecule has 5 heteroatoms. The number of carbonyl (C=O) groups excluding carboxylic acids is 1. The summed E-state index contributed by atoms with van der Waals surface area (Å²) >= 11 is 0. The molecule has 0 aromatic rings. The van der Waals surface area contributed by atoms with Crippen molar-refractivity contribution in [2.45, 2.75) is 52.1 Å². The molecule has 1 aliphatic rings. The van der Waals surface area contributed by atoms with E-state index in [0.29, 0.717) is 18.9 Å². The molecule has 0 aromatic heterocycles. The number of likely N-dealkylation sites (tertiary alicyclic amines) is 1. The van der Waals surface area contributed by atoms with Crippen LogP contribution in [0.1, 0.15) is 40.0 Å². The fraction of sp³-hybridized carbons (Fsp3) is 0.846. The van der Waals surface area contributed by atoms with Gasteiger partial charge in [-0.1, -0.05) is 13.8 Å². The minimum atomic E-state index is -0.757. The Kier molecular flexibility index (Phi) is 5.59. The van der Waals surface area contributed by atoms with Crippen molar-refractivity contribution in [2.24, 2.45) is 5.92 Å². The van der Waals surface area contributed by atoms with Gasteiger partial charge in [0.25, 0.3) is 0 Å². The summed E-state index contributed by atoms with van der Waals surface area (Å²) in [5, 5.41) is 12.2. The van der Waals surface area contributed by atoms with E-state index < -0.39 is 12.0 Å². The summed E-state index contributed by atoms with van der Waals surface area (Å²) in [7, 11) is 0. The predicted molar refractivity (Wildman–Crippen MR) is 69.3 cm³/mol. The molecule has 18 heavy (non-hydrogen) atoms. The minimum Gasteiger partial charge on any atom is -0.480 e. The van der Waals surface area contributed by atoms with Gasteiger partial charge in [-0.05, 0) is 31.7 Å². The third-order valence-corrected chi connectivity index (χ3v) is 3.28. The van der Waals surface area contributed by atoms with E-state index in [-0.39, 0.29) is 11.9 Å². The van der Waals surface area contributed by atoms with E-state index in [4.69, 9.17) is 0 Å². The van der Waals surface area contributed by atoms with Gasteiger partial charge in [0.05, 0.1) is 0 Å². The highest BCUT2D eigenvalue weighted by atomic mass is 16.4. The van der Waals surface area contributed by atoms with Crippen LogP contribution in [0.5, 0.6) is 0 Å². The summed E-state index contributed by atoms with van der Waals surface area (Å²) in [6.07, 6.45) is 2.53. The van der Waals surface area contributed by atoms with Gasteiger partial charge in [-0.25, -0.2) is 0 Å². The molecule has 0 spiro atoms. The first kappa shape index (κ1) is 15.0. The SMILES string of the molecule is CC(=O)NC1CCCN(C(CC(C)C)C(=O)O)C1. The van der Waals surface area contributed by atoms with Crippen molar-refractivity contribution in [3.8, 4) is 0 Å². The predicted octanol–water partition coefficient (Wildman–Crippen LogP) is 1.09. The van der Waals surface area contributed by atoms with Gasteiger partial charge in [0.2, 0.25) is 5.91 Å². The molecule has 1 fully saturated rings. The highest BCUT2D eigenvalue weighted by Gasteiger charge is 2.30. The quantitative estimate of drug-likeness (QED) is 0.772. The highest BCUT2D eigenvalue weighted by Crippen LogP contribution is 2.18. The molecule has 0 saturated carbocycles. The molecule has 1 amide bonds. The molecular formula is C13H24N2O3. The van der Waals surface area contributed by atoms with Crippen LogP contribution >= 0.6 is 0 Å². The van der Waals surface area contributed by atoms with Crippen LogP contribution in [0.2, 0.25) is 0 Å². The van der Waals surface area contributed by atoms with Crippen LogP contribution in [0, 0.1) is 5.92 Å². The van der Waals surface area contributed by atoms with Gasteiger partial charge in [-0.15, -0.1) is 0 Å². The second-order valence-electron chi connectivity index (χ2n) is 5.52. The van der Waals surface area contributed by atoms with Gasteiger partial charge < -0.3 is 10.4 Å². The largest absolute Gasteiger partial charge is 0.480 e. The fourth-order valence-corrected chi connectivity index (χ4v) is 2.55. The normalized spacial score (nSPS) is 22.8. The van der Waals surface area contributed by atoms with Crippen LogP contribution in [-0.4, -0.2) is 47.1 Å². The number of amides is 1. The number of hydrogen-bond donors (Lipinski definition) is 2. The average Bonchev–Trinajstić information content (AvgIpc) is 2.24. The maximum absolute atomic E-state index is 11.3. The second kappa shape index (κ2) is 6.73. The Hall–Kier alpha value is -1.10. The second-order valence-corrected chi connectivity index (χ2v) is 5.52. The van der Waals surface area contributed by atoms with Gasteiger partial charge in [-0.2, -0.15) is 0 Å². The molecule has 2 unspecified atom stereocenters. The number of nitrogens with zero attached hydrogens (tertiary/aromatic N) is 1. The first-order valence-corrected chi connectivity index (χ1v) is 6.64. The number of rotatable bonds is 5. The van der Waals surface area contributed by atoms with Crippen LogP contribution in [-0.2, 0) is 9.59 Å². The maximum atomic E-state index is 11.3. The summed E-state index contributed by atoms with van der Waals surface area (Å²) in [6.45, 7) is 7.02. The lowest BCUT2D eigenvalue weighted by Gasteiger charge is -2.37. The van der Waals surface area contributed by atoms with Gasteiger partial charge >= 0.3 is 5.97 Å². The summed E-state index contributed by atoms with van der Waals surface area (Å²) in [4.78, 5) is 24.4. The van der Waals surface area contributed by atoms with Gasteiger partial charge in [-0.3, -0.25) is 14.5 Å². The number of hydrogen-bond acceptors (Lipinski definition) is 3. The Bertz CT molecular complexity index is 305. The van der Waals surface area contributed by atoms with Crippen LogP contribution < -0.4 is 5.32 Å². The van der Waals surface area contributed by atoms with Crippen molar-refractivity contribution in [1.29, 1.82) is 0 Å². The number of carboxylic acids is 1. The lowest BCUT2D eigenvalue weighted by Crippen LogP contribution is -2.53. The fourth-order valence-electron chi connectivity index (χ4n) is 2.55. The van der Waals surface area contributed by atoms with Crippen molar-refractivity contribution in [3.05, 3.63) is 0 Å². The van der Waals surface area contributed by atoms with E-state index in [9.17, 15) is 14.7 Å². The molecule has 0 radical (unpaired) electrons. The first-order chi connectivity index (χ1) is 8.40. The Balaban J connectivity index is 2.61. The van der Waals surface area contributed by atoms with Crippen LogP contribution in [0.25, 0.3) is 0 Å². The molecular weight excluding hydrogens is 232 g/mol. The monoisotopic (exact) mass is 256 g/mol. The van der Waals surface area contributed by atoms with Crippen molar-refractivity contribution < 1.29 is 14.7 Å². The van der Waals surface area contributed by atoms with Crippen LogP contribution in [0.15, 0.2) is 0 Å². The lowest BCUT2D eigenvalue weighted by molar-refractivity contribution is -0.144. The highest BCUT2D eigenvalue weighted by molar-refractivity contribution is 5.74. The number of carbonyl (C=O) groups is 2. The molecule has 1 saturated heterocycles. The van der Waals surface area contributed by atoms with Gasteiger partial charge in [0, 0.05) is 19.5 Å². The maximum Gasteiger partial charge on any atom is 0.320 e. The van der Waals surface area contributed by atoms with Gasteiger partial charge in [0.1, 0.15) is 6.04 Å². The molecule has 0 aromatic carbocycles. The smallest absolute Gasteiger partial charge is 0.320 e. The third-order valence-electron chi connectivity index (χ3n) is 3.28. The Morgan fingerprint density at radius 1 is 1.44 bits per heavy atom. The number of aliphatic carboxylic acids is 1. The average molecular weight is 256 g/mol. The van der Waals surface area contributed by atoms with Crippen molar-refractivity contribution >= 4 is 11.9 Å². The molecule has 5 nitrogen and oxygen atoms in total. The summed E-state index contributed by atoms with van der Waals surface area (Å²) in [5.74, 6) is -0.447.